The number of aliphatic hydroxyl groups excluding tert-OH is 1. The molecule has 1 heterocycles. The molecule has 1 aliphatic heterocycles. The summed E-state index contributed by atoms with van der Waals surface area (Å²) in [6.07, 6.45) is 1.68. The molecule has 0 spiro atoms. The number of carbonyl (C=O) groups excluding carboxylic acids is 2. The number of rotatable bonds is 8. The summed E-state index contributed by atoms with van der Waals surface area (Å²) >= 11 is 6.38. The van der Waals surface area contributed by atoms with Gasteiger partial charge in [-0.25, -0.2) is 0 Å². The molecule has 3 rings (SSSR count). The van der Waals surface area contributed by atoms with E-state index in [0.29, 0.717) is 35.4 Å². The molecule has 2 aromatic carbocycles. The van der Waals surface area contributed by atoms with Crippen LogP contribution in [0.25, 0.3) is 5.76 Å². The van der Waals surface area contributed by atoms with Crippen molar-refractivity contribution in [3.8, 4) is 0 Å². The molecule has 0 aliphatic carbocycles. The van der Waals surface area contributed by atoms with Crippen LogP contribution in [-0.2, 0) is 14.4 Å². The van der Waals surface area contributed by atoms with Crippen molar-refractivity contribution in [1.29, 1.82) is 0 Å². The van der Waals surface area contributed by atoms with Crippen LogP contribution < -0.4 is 0 Å². The fraction of sp³-hybridized carbons (Fsp3) is 0.261. The average molecular weight is 428 g/mol. The molecule has 156 valence electrons. The first-order valence-corrected chi connectivity index (χ1v) is 10.1. The van der Waals surface area contributed by atoms with E-state index >= 15 is 0 Å². The fourth-order valence-electron chi connectivity index (χ4n) is 3.62. The van der Waals surface area contributed by atoms with Gasteiger partial charge in [0.15, 0.2) is 0 Å². The van der Waals surface area contributed by atoms with Crippen molar-refractivity contribution >= 4 is 35.0 Å². The molecule has 1 fully saturated rings. The fourth-order valence-corrected chi connectivity index (χ4v) is 3.86. The number of hydrogen-bond acceptors (Lipinski definition) is 4. The Bertz CT molecular complexity index is 986. The van der Waals surface area contributed by atoms with E-state index < -0.39 is 23.7 Å². The van der Waals surface area contributed by atoms with Crippen molar-refractivity contribution in [3.05, 3.63) is 76.3 Å². The lowest BCUT2D eigenvalue weighted by atomic mass is 9.95. The Morgan fingerprint density at radius 1 is 0.933 bits per heavy atom. The number of nitrogens with zero attached hydrogens (tertiary/aromatic N) is 1. The van der Waals surface area contributed by atoms with Crippen LogP contribution in [0.3, 0.4) is 0 Å². The van der Waals surface area contributed by atoms with Crippen LogP contribution in [0.4, 0.5) is 0 Å². The number of amides is 1. The molecule has 0 radical (unpaired) electrons. The highest BCUT2D eigenvalue weighted by Crippen LogP contribution is 2.41. The monoisotopic (exact) mass is 427 g/mol. The van der Waals surface area contributed by atoms with Crippen LogP contribution in [-0.4, -0.2) is 39.3 Å². The number of Topliss-reactive ketones (excluding diaryl/α,β-unsaturated/α-hetero) is 1. The second kappa shape index (κ2) is 9.59. The van der Waals surface area contributed by atoms with Gasteiger partial charge in [0.25, 0.3) is 11.7 Å². The van der Waals surface area contributed by atoms with Crippen molar-refractivity contribution in [2.45, 2.75) is 31.7 Å². The highest BCUT2D eigenvalue weighted by molar-refractivity contribution is 6.47. The Morgan fingerprint density at radius 3 is 2.27 bits per heavy atom. The lowest BCUT2D eigenvalue weighted by molar-refractivity contribution is -0.140. The minimum Gasteiger partial charge on any atom is -0.507 e. The number of unbranched alkanes of at least 4 members (excludes halogenated alkanes) is 2. The molecule has 1 atom stereocenters. The molecule has 2 aromatic rings. The lowest BCUT2D eigenvalue weighted by Crippen LogP contribution is -2.30. The number of likely N-dealkylation sites (tertiary alicyclic amines) is 1. The summed E-state index contributed by atoms with van der Waals surface area (Å²) in [5, 5.41) is 20.0. The Balaban J connectivity index is 1.98. The molecule has 1 aliphatic rings. The molecule has 0 bridgehead atoms. The van der Waals surface area contributed by atoms with Crippen molar-refractivity contribution in [3.63, 3.8) is 0 Å². The molecule has 0 saturated carbocycles. The van der Waals surface area contributed by atoms with Gasteiger partial charge < -0.3 is 15.1 Å². The summed E-state index contributed by atoms with van der Waals surface area (Å²) < 4.78 is 0. The lowest BCUT2D eigenvalue weighted by Gasteiger charge is -2.26. The van der Waals surface area contributed by atoms with Crippen LogP contribution >= 0.6 is 11.6 Å². The zero-order valence-electron chi connectivity index (χ0n) is 16.3. The first-order chi connectivity index (χ1) is 14.4. The van der Waals surface area contributed by atoms with Gasteiger partial charge in [-0.15, -0.1) is 0 Å². The first kappa shape index (κ1) is 21.6. The van der Waals surface area contributed by atoms with Gasteiger partial charge in [0.05, 0.1) is 11.6 Å². The van der Waals surface area contributed by atoms with E-state index in [1.807, 2.05) is 0 Å². The van der Waals surface area contributed by atoms with Gasteiger partial charge in [0, 0.05) is 23.6 Å². The predicted molar refractivity (Wildman–Crippen MR) is 113 cm³/mol. The van der Waals surface area contributed by atoms with Gasteiger partial charge in [-0.1, -0.05) is 66.6 Å². The molecule has 0 aromatic heterocycles. The van der Waals surface area contributed by atoms with Crippen LogP contribution in [0.1, 0.15) is 42.9 Å². The van der Waals surface area contributed by atoms with Crippen LogP contribution in [0, 0.1) is 0 Å². The number of aliphatic hydroxyl groups is 1. The van der Waals surface area contributed by atoms with Crippen LogP contribution in [0.2, 0.25) is 5.02 Å². The molecule has 1 amide bonds. The third kappa shape index (κ3) is 4.54. The maximum Gasteiger partial charge on any atom is 0.303 e. The maximum atomic E-state index is 12.9. The zero-order valence-corrected chi connectivity index (χ0v) is 17.0. The van der Waals surface area contributed by atoms with E-state index in [4.69, 9.17) is 16.7 Å². The SMILES string of the molecule is O=C(O)CCCCCN1C(=O)C(=O)/C(=C(\O)c2ccccc2)C1c1ccccc1Cl. The highest BCUT2D eigenvalue weighted by Gasteiger charge is 2.46. The number of halogens is 1. The third-order valence-electron chi connectivity index (χ3n) is 5.08. The topological polar surface area (TPSA) is 94.9 Å². The number of carboxylic acids is 1. The molecule has 7 heteroatoms. The third-order valence-corrected chi connectivity index (χ3v) is 5.42. The summed E-state index contributed by atoms with van der Waals surface area (Å²) in [6.45, 7) is 0.256. The Kier molecular flexibility index (Phi) is 6.90. The minimum absolute atomic E-state index is 0.00448. The summed E-state index contributed by atoms with van der Waals surface area (Å²) in [5.74, 6) is -2.57. The van der Waals surface area contributed by atoms with Gasteiger partial charge in [-0.2, -0.15) is 0 Å². The van der Waals surface area contributed by atoms with Gasteiger partial charge >= 0.3 is 5.97 Å². The molecule has 1 unspecified atom stereocenters. The summed E-state index contributed by atoms with van der Waals surface area (Å²) in [5.41, 5.74) is 1.00. The number of ketones is 1. The second-order valence-electron chi connectivity index (χ2n) is 7.08. The van der Waals surface area contributed by atoms with Crippen molar-refractivity contribution < 1.29 is 24.6 Å². The average Bonchev–Trinajstić information content (AvgIpc) is 2.98. The summed E-state index contributed by atoms with van der Waals surface area (Å²) in [6, 6.07) is 14.7. The van der Waals surface area contributed by atoms with Gasteiger partial charge in [0.2, 0.25) is 0 Å². The second-order valence-corrected chi connectivity index (χ2v) is 7.49. The number of hydrogen-bond donors (Lipinski definition) is 2. The highest BCUT2D eigenvalue weighted by atomic mass is 35.5. The number of benzene rings is 2. The first-order valence-electron chi connectivity index (χ1n) is 9.72. The Morgan fingerprint density at radius 2 is 1.60 bits per heavy atom. The largest absolute Gasteiger partial charge is 0.507 e. The van der Waals surface area contributed by atoms with Crippen molar-refractivity contribution in [2.75, 3.05) is 6.54 Å². The molecule has 1 saturated heterocycles. The van der Waals surface area contributed by atoms with Crippen LogP contribution in [0.15, 0.2) is 60.2 Å². The predicted octanol–water partition coefficient (Wildman–Crippen LogP) is 4.41. The van der Waals surface area contributed by atoms with E-state index in [1.165, 1.54) is 4.90 Å². The van der Waals surface area contributed by atoms with Crippen LogP contribution in [0.5, 0.6) is 0 Å². The van der Waals surface area contributed by atoms with Gasteiger partial charge in [-0.05, 0) is 24.5 Å². The van der Waals surface area contributed by atoms with E-state index in [1.54, 1.807) is 54.6 Å². The summed E-state index contributed by atoms with van der Waals surface area (Å²) in [4.78, 5) is 37.8. The maximum absolute atomic E-state index is 12.9. The van der Waals surface area contributed by atoms with Gasteiger partial charge in [0.1, 0.15) is 5.76 Å². The molecule has 30 heavy (non-hydrogen) atoms. The smallest absolute Gasteiger partial charge is 0.303 e. The molecule has 2 N–H and O–H groups in total. The van der Waals surface area contributed by atoms with E-state index in [0.717, 1.165) is 0 Å². The standard InChI is InChI=1S/C23H22ClNO5/c24-17-12-7-6-11-16(17)20-19(21(28)15-9-3-1-4-10-15)22(29)23(30)25(20)14-8-2-5-13-18(26)27/h1,3-4,6-7,9-12,20,28H,2,5,8,13-14H2,(H,26,27)/b21-19-. The Labute approximate surface area is 179 Å². The van der Waals surface area contributed by atoms with E-state index in [-0.39, 0.29) is 24.3 Å². The quantitative estimate of drug-likeness (QED) is 0.281. The molecular formula is C23H22ClNO5. The normalized spacial score (nSPS) is 18.0. The van der Waals surface area contributed by atoms with E-state index in [2.05, 4.69) is 0 Å². The van der Waals surface area contributed by atoms with Crippen molar-refractivity contribution in [2.24, 2.45) is 0 Å². The van der Waals surface area contributed by atoms with Gasteiger partial charge in [-0.3, -0.25) is 14.4 Å². The van der Waals surface area contributed by atoms with E-state index in [9.17, 15) is 19.5 Å². The number of carbonyl (C=O) groups is 3. The molecular weight excluding hydrogens is 406 g/mol. The summed E-state index contributed by atoms with van der Waals surface area (Å²) in [7, 11) is 0. The number of aliphatic carboxylic acids is 1. The number of carboxylic acid groups (broad SMARTS) is 1. The zero-order chi connectivity index (χ0) is 21.7. The Hall–Kier alpha value is -3.12. The van der Waals surface area contributed by atoms with Crippen molar-refractivity contribution in [1.82, 2.24) is 4.90 Å². The minimum atomic E-state index is -0.866. The molecule has 6 nitrogen and oxygen atoms in total.